The van der Waals surface area contributed by atoms with Crippen LogP contribution in [0.3, 0.4) is 0 Å². The van der Waals surface area contributed by atoms with Crippen LogP contribution in [0.4, 0.5) is 10.6 Å². The van der Waals surface area contributed by atoms with E-state index in [2.05, 4.69) is 25.8 Å². The number of hydrogen-bond donors (Lipinski definition) is 3. The molecule has 2 aliphatic carbocycles. The molecule has 0 radical (unpaired) electrons. The largest absolute Gasteiger partial charge is 0.465 e. The number of H-pyrrole nitrogens is 1. The predicted octanol–water partition coefficient (Wildman–Crippen LogP) is 2.93. The standard InChI is InChI=1S/C20H29N7O3/c1-12(2)26-11-14(22-25-26)9-18(28)21-17-10-16(23-24-17)13-4-5-15(8-13)27(19(29)30)20(3)6-7-20/h10-13,15H,4-9H2,1-3H3,(H,29,30)(H2,21,23,24,28)/t13-,15+/m0/s1. The van der Waals surface area contributed by atoms with E-state index in [1.807, 2.05) is 26.8 Å². The summed E-state index contributed by atoms with van der Waals surface area (Å²) < 4.78 is 1.72. The van der Waals surface area contributed by atoms with Gasteiger partial charge in [-0.05, 0) is 52.9 Å². The van der Waals surface area contributed by atoms with Gasteiger partial charge in [-0.2, -0.15) is 5.10 Å². The van der Waals surface area contributed by atoms with Crippen LogP contribution in [0.2, 0.25) is 0 Å². The van der Waals surface area contributed by atoms with E-state index >= 15 is 0 Å². The summed E-state index contributed by atoms with van der Waals surface area (Å²) in [5.41, 5.74) is 1.35. The molecule has 2 aromatic heterocycles. The SMILES string of the molecule is CC(C)n1cc(CC(=O)Nc2cc([C@H]3CC[C@@H](N(C(=O)O)C4(C)CC4)C3)[nH]n2)nn1. The first-order chi connectivity index (χ1) is 14.2. The first-order valence-corrected chi connectivity index (χ1v) is 10.5. The lowest BCUT2D eigenvalue weighted by Gasteiger charge is -2.32. The third-order valence-electron chi connectivity index (χ3n) is 6.26. The van der Waals surface area contributed by atoms with Crippen molar-refractivity contribution in [3.05, 3.63) is 23.7 Å². The normalized spacial score (nSPS) is 22.3. The second-order valence-electron chi connectivity index (χ2n) is 9.03. The zero-order chi connectivity index (χ0) is 21.5. The molecule has 2 fully saturated rings. The van der Waals surface area contributed by atoms with E-state index in [1.165, 1.54) is 0 Å². The molecule has 2 heterocycles. The van der Waals surface area contributed by atoms with Gasteiger partial charge in [-0.15, -0.1) is 5.10 Å². The molecular weight excluding hydrogens is 386 g/mol. The van der Waals surface area contributed by atoms with Crippen molar-refractivity contribution in [3.63, 3.8) is 0 Å². The number of aromatic amines is 1. The summed E-state index contributed by atoms with van der Waals surface area (Å²) in [6.07, 6.45) is 5.47. The highest BCUT2D eigenvalue weighted by Crippen LogP contribution is 2.47. The highest BCUT2D eigenvalue weighted by molar-refractivity contribution is 5.91. The maximum atomic E-state index is 12.3. The number of nitrogens with one attached hydrogen (secondary N) is 2. The lowest BCUT2D eigenvalue weighted by Crippen LogP contribution is -2.45. The average molecular weight is 415 g/mol. The van der Waals surface area contributed by atoms with Crippen LogP contribution >= 0.6 is 0 Å². The number of carboxylic acid groups (broad SMARTS) is 1. The highest BCUT2D eigenvalue weighted by Gasteiger charge is 2.50. The Morgan fingerprint density at radius 3 is 2.80 bits per heavy atom. The highest BCUT2D eigenvalue weighted by atomic mass is 16.4. The van der Waals surface area contributed by atoms with Crippen molar-refractivity contribution in [1.82, 2.24) is 30.1 Å². The zero-order valence-corrected chi connectivity index (χ0v) is 17.6. The number of amides is 2. The van der Waals surface area contributed by atoms with E-state index in [9.17, 15) is 14.7 Å². The molecule has 3 N–H and O–H groups in total. The lowest BCUT2D eigenvalue weighted by atomic mass is 10.0. The Hall–Kier alpha value is -2.91. The van der Waals surface area contributed by atoms with Crippen LogP contribution in [0.15, 0.2) is 12.3 Å². The fraction of sp³-hybridized carbons (Fsp3) is 0.650. The molecule has 0 aromatic carbocycles. The van der Waals surface area contributed by atoms with Gasteiger partial charge in [-0.1, -0.05) is 5.21 Å². The minimum absolute atomic E-state index is 0.0323. The molecule has 162 valence electrons. The van der Waals surface area contributed by atoms with E-state index in [-0.39, 0.29) is 35.9 Å². The fourth-order valence-electron chi connectivity index (χ4n) is 4.33. The second kappa shape index (κ2) is 7.73. The van der Waals surface area contributed by atoms with Gasteiger partial charge in [0, 0.05) is 41.5 Å². The molecular formula is C20H29N7O3. The maximum Gasteiger partial charge on any atom is 0.408 e. The zero-order valence-electron chi connectivity index (χ0n) is 17.6. The molecule has 4 rings (SSSR count). The van der Waals surface area contributed by atoms with Gasteiger partial charge in [-0.25, -0.2) is 9.48 Å². The summed E-state index contributed by atoms with van der Waals surface area (Å²) >= 11 is 0. The van der Waals surface area contributed by atoms with Gasteiger partial charge >= 0.3 is 6.09 Å². The number of aromatic nitrogens is 5. The molecule has 2 aromatic rings. The molecule has 2 aliphatic rings. The Morgan fingerprint density at radius 1 is 1.40 bits per heavy atom. The van der Waals surface area contributed by atoms with Crippen molar-refractivity contribution in [2.45, 2.75) is 82.8 Å². The van der Waals surface area contributed by atoms with Gasteiger partial charge < -0.3 is 10.4 Å². The first kappa shape index (κ1) is 20.4. The molecule has 0 unspecified atom stereocenters. The number of rotatable bonds is 7. The maximum absolute atomic E-state index is 12.3. The average Bonchev–Trinajstić information content (AvgIpc) is 3.11. The molecule has 0 bridgehead atoms. The summed E-state index contributed by atoms with van der Waals surface area (Å²) in [5, 5.41) is 27.7. The lowest BCUT2D eigenvalue weighted by molar-refractivity contribution is -0.115. The molecule has 0 saturated heterocycles. The van der Waals surface area contributed by atoms with Crippen LogP contribution in [0.1, 0.15) is 76.2 Å². The fourth-order valence-corrected chi connectivity index (χ4v) is 4.33. The van der Waals surface area contributed by atoms with Crippen molar-refractivity contribution < 1.29 is 14.7 Å². The number of carbonyl (C=O) groups is 2. The predicted molar refractivity (Wildman–Crippen MR) is 109 cm³/mol. The van der Waals surface area contributed by atoms with Gasteiger partial charge in [0.2, 0.25) is 5.91 Å². The van der Waals surface area contributed by atoms with Gasteiger partial charge in [0.25, 0.3) is 0 Å². The molecule has 2 saturated carbocycles. The van der Waals surface area contributed by atoms with Crippen LogP contribution in [0.5, 0.6) is 0 Å². The van der Waals surface area contributed by atoms with E-state index in [1.54, 1.807) is 15.8 Å². The van der Waals surface area contributed by atoms with Crippen molar-refractivity contribution in [1.29, 1.82) is 0 Å². The molecule has 10 heteroatoms. The number of anilines is 1. The summed E-state index contributed by atoms with van der Waals surface area (Å²) in [6, 6.07) is 2.07. The van der Waals surface area contributed by atoms with Crippen molar-refractivity contribution in [2.75, 3.05) is 5.32 Å². The van der Waals surface area contributed by atoms with Gasteiger partial charge in [0.05, 0.1) is 12.1 Å². The molecule has 2 amide bonds. The Morgan fingerprint density at radius 2 is 2.17 bits per heavy atom. The van der Waals surface area contributed by atoms with Crippen molar-refractivity contribution in [2.24, 2.45) is 0 Å². The second-order valence-corrected chi connectivity index (χ2v) is 9.03. The third kappa shape index (κ3) is 4.17. The monoisotopic (exact) mass is 415 g/mol. The van der Waals surface area contributed by atoms with Crippen molar-refractivity contribution >= 4 is 17.8 Å². The van der Waals surface area contributed by atoms with E-state index < -0.39 is 6.09 Å². The molecule has 10 nitrogen and oxygen atoms in total. The van der Waals surface area contributed by atoms with E-state index in [0.29, 0.717) is 11.5 Å². The molecule has 2 atom stereocenters. The summed E-state index contributed by atoms with van der Waals surface area (Å²) in [4.78, 5) is 25.8. The van der Waals surface area contributed by atoms with Crippen LogP contribution in [0.25, 0.3) is 0 Å². The summed E-state index contributed by atoms with van der Waals surface area (Å²) in [6.45, 7) is 6.02. The molecule has 30 heavy (non-hydrogen) atoms. The quantitative estimate of drug-likeness (QED) is 0.638. The topological polar surface area (TPSA) is 129 Å². The Labute approximate surface area is 175 Å². The first-order valence-electron chi connectivity index (χ1n) is 10.5. The van der Waals surface area contributed by atoms with E-state index in [4.69, 9.17) is 0 Å². The Kier molecular flexibility index (Phi) is 5.25. The van der Waals surface area contributed by atoms with Crippen LogP contribution in [0, 0.1) is 0 Å². The minimum atomic E-state index is -0.826. The van der Waals surface area contributed by atoms with Crippen molar-refractivity contribution in [3.8, 4) is 0 Å². The number of hydrogen-bond acceptors (Lipinski definition) is 5. The number of carbonyl (C=O) groups excluding carboxylic acids is 1. The number of nitrogens with zero attached hydrogens (tertiary/aromatic N) is 5. The Balaban J connectivity index is 1.34. The van der Waals surface area contributed by atoms with E-state index in [0.717, 1.165) is 37.8 Å². The van der Waals surface area contributed by atoms with Crippen LogP contribution in [-0.4, -0.2) is 58.8 Å². The smallest absolute Gasteiger partial charge is 0.408 e. The summed E-state index contributed by atoms with van der Waals surface area (Å²) in [5.74, 6) is 0.481. The molecule has 0 aliphatic heterocycles. The third-order valence-corrected chi connectivity index (χ3v) is 6.26. The summed E-state index contributed by atoms with van der Waals surface area (Å²) in [7, 11) is 0. The van der Waals surface area contributed by atoms with Crippen LogP contribution in [-0.2, 0) is 11.2 Å². The van der Waals surface area contributed by atoms with Gasteiger partial charge in [0.15, 0.2) is 5.82 Å². The van der Waals surface area contributed by atoms with Gasteiger partial charge in [0.1, 0.15) is 0 Å². The molecule has 0 spiro atoms. The minimum Gasteiger partial charge on any atom is -0.465 e. The Bertz CT molecular complexity index is 930. The van der Waals surface area contributed by atoms with Crippen LogP contribution < -0.4 is 5.32 Å². The van der Waals surface area contributed by atoms with Gasteiger partial charge in [-0.3, -0.25) is 14.8 Å².